The molecule has 122 valence electrons. The fourth-order valence-corrected chi connectivity index (χ4v) is 2.93. The van der Waals surface area contributed by atoms with Crippen molar-refractivity contribution in [3.63, 3.8) is 0 Å². The number of hydrogen-bond donors (Lipinski definition) is 2. The summed E-state index contributed by atoms with van der Waals surface area (Å²) in [6.45, 7) is 5.40. The Morgan fingerprint density at radius 2 is 2.14 bits per heavy atom. The van der Waals surface area contributed by atoms with Gasteiger partial charge in [0.2, 0.25) is 0 Å². The molecular weight excluding hydrogens is 276 g/mol. The summed E-state index contributed by atoms with van der Waals surface area (Å²) in [6.07, 6.45) is 5.07. The second-order valence-electron chi connectivity index (χ2n) is 6.32. The lowest BCUT2D eigenvalue weighted by atomic mass is 9.94. The Kier molecular flexibility index (Phi) is 6.25. The first-order valence-electron chi connectivity index (χ1n) is 8.43. The summed E-state index contributed by atoms with van der Waals surface area (Å²) in [7, 11) is 0. The Morgan fingerprint density at radius 3 is 2.77 bits per heavy atom. The number of unbranched alkanes of at least 4 members (excludes halogenated alkanes) is 1. The third-order valence-electron chi connectivity index (χ3n) is 4.45. The molecule has 2 atom stereocenters. The Balaban J connectivity index is 1.88. The lowest BCUT2D eigenvalue weighted by molar-refractivity contribution is 0.0766. The van der Waals surface area contributed by atoms with E-state index in [1.165, 1.54) is 18.4 Å². The van der Waals surface area contributed by atoms with Gasteiger partial charge in [0.1, 0.15) is 0 Å². The van der Waals surface area contributed by atoms with Crippen molar-refractivity contribution in [2.75, 3.05) is 18.4 Å². The van der Waals surface area contributed by atoms with Gasteiger partial charge in [0.25, 0.3) is 0 Å². The summed E-state index contributed by atoms with van der Waals surface area (Å²) in [5.74, 6) is 0.191. The van der Waals surface area contributed by atoms with Gasteiger partial charge < -0.3 is 15.3 Å². The standard InChI is InChI=1S/C18H28N2O2/c1-3-4-6-15-8-10-17(11-9-15)19-18(22)20-12-5-7-16(13-20)14(2)21/h8-11,14,16,21H,3-7,12-13H2,1-2H3,(H,19,22). The van der Waals surface area contributed by atoms with E-state index < -0.39 is 0 Å². The van der Waals surface area contributed by atoms with E-state index in [2.05, 4.69) is 24.4 Å². The van der Waals surface area contributed by atoms with Gasteiger partial charge in [-0.3, -0.25) is 0 Å². The van der Waals surface area contributed by atoms with Gasteiger partial charge in [-0.15, -0.1) is 0 Å². The Bertz CT molecular complexity index is 470. The molecule has 2 rings (SSSR count). The number of nitrogens with one attached hydrogen (secondary N) is 1. The van der Waals surface area contributed by atoms with Gasteiger partial charge >= 0.3 is 6.03 Å². The molecule has 0 bridgehead atoms. The zero-order valence-corrected chi connectivity index (χ0v) is 13.7. The predicted octanol–water partition coefficient (Wildman–Crippen LogP) is 3.65. The zero-order valence-electron chi connectivity index (χ0n) is 13.7. The second-order valence-corrected chi connectivity index (χ2v) is 6.32. The second kappa shape index (κ2) is 8.18. The van der Waals surface area contributed by atoms with Crippen molar-refractivity contribution in [3.8, 4) is 0 Å². The highest BCUT2D eigenvalue weighted by Crippen LogP contribution is 2.21. The number of aryl methyl sites for hydroxylation is 1. The number of urea groups is 1. The first kappa shape index (κ1) is 16.8. The Labute approximate surface area is 133 Å². The molecule has 1 heterocycles. The Morgan fingerprint density at radius 1 is 1.41 bits per heavy atom. The minimum Gasteiger partial charge on any atom is -0.393 e. The molecule has 1 aromatic carbocycles. The molecule has 0 aliphatic carbocycles. The number of likely N-dealkylation sites (tertiary alicyclic amines) is 1. The van der Waals surface area contributed by atoms with Crippen LogP contribution in [0.1, 0.15) is 45.1 Å². The van der Waals surface area contributed by atoms with Crippen LogP contribution in [-0.4, -0.2) is 35.2 Å². The number of carbonyl (C=O) groups excluding carboxylic acids is 1. The summed E-state index contributed by atoms with van der Waals surface area (Å²) >= 11 is 0. The molecule has 2 N–H and O–H groups in total. The highest BCUT2D eigenvalue weighted by Gasteiger charge is 2.26. The third-order valence-corrected chi connectivity index (χ3v) is 4.45. The van der Waals surface area contributed by atoms with Gasteiger partial charge in [-0.25, -0.2) is 4.79 Å². The predicted molar refractivity (Wildman–Crippen MR) is 90.1 cm³/mol. The first-order valence-corrected chi connectivity index (χ1v) is 8.43. The number of benzene rings is 1. The summed E-state index contributed by atoms with van der Waals surface area (Å²) in [5, 5.41) is 12.7. The normalized spacial score (nSPS) is 19.8. The van der Waals surface area contributed by atoms with Gasteiger partial charge in [0.05, 0.1) is 6.10 Å². The van der Waals surface area contributed by atoms with Crippen LogP contribution >= 0.6 is 0 Å². The van der Waals surface area contributed by atoms with Crippen molar-refractivity contribution in [1.82, 2.24) is 4.90 Å². The third kappa shape index (κ3) is 4.73. The number of hydrogen-bond acceptors (Lipinski definition) is 2. The van der Waals surface area contributed by atoms with E-state index in [0.29, 0.717) is 6.54 Å². The fourth-order valence-electron chi connectivity index (χ4n) is 2.93. The van der Waals surface area contributed by atoms with Gasteiger partial charge in [-0.1, -0.05) is 25.5 Å². The molecule has 0 spiro atoms. The molecule has 0 aromatic heterocycles. The minimum absolute atomic E-state index is 0.0633. The number of aliphatic hydroxyl groups excluding tert-OH is 1. The molecule has 2 unspecified atom stereocenters. The lowest BCUT2D eigenvalue weighted by Gasteiger charge is -2.34. The molecule has 1 aliphatic rings. The smallest absolute Gasteiger partial charge is 0.321 e. The maximum atomic E-state index is 12.3. The Hall–Kier alpha value is -1.55. The van der Waals surface area contributed by atoms with Crippen LogP contribution in [0.3, 0.4) is 0 Å². The molecule has 0 saturated carbocycles. The highest BCUT2D eigenvalue weighted by atomic mass is 16.3. The van der Waals surface area contributed by atoms with Crippen LogP contribution in [0.5, 0.6) is 0 Å². The number of nitrogens with zero attached hydrogens (tertiary/aromatic N) is 1. The van der Waals surface area contributed by atoms with Crippen LogP contribution in [0, 0.1) is 5.92 Å². The van der Waals surface area contributed by atoms with Crippen LogP contribution in [0.4, 0.5) is 10.5 Å². The number of carbonyl (C=O) groups is 1. The number of aliphatic hydroxyl groups is 1. The minimum atomic E-state index is -0.353. The zero-order chi connectivity index (χ0) is 15.9. The molecule has 22 heavy (non-hydrogen) atoms. The first-order chi connectivity index (χ1) is 10.6. The van der Waals surface area contributed by atoms with E-state index in [-0.39, 0.29) is 18.1 Å². The molecular formula is C18H28N2O2. The molecule has 4 heteroatoms. The molecule has 1 aliphatic heterocycles. The number of rotatable bonds is 5. The van der Waals surface area contributed by atoms with Crippen molar-refractivity contribution >= 4 is 11.7 Å². The van der Waals surface area contributed by atoms with E-state index in [1.807, 2.05) is 17.0 Å². The largest absolute Gasteiger partial charge is 0.393 e. The molecule has 1 saturated heterocycles. The van der Waals surface area contributed by atoms with Crippen molar-refractivity contribution in [3.05, 3.63) is 29.8 Å². The van der Waals surface area contributed by atoms with Gasteiger partial charge in [-0.05, 0) is 50.3 Å². The topological polar surface area (TPSA) is 52.6 Å². The summed E-state index contributed by atoms with van der Waals surface area (Å²) in [6, 6.07) is 8.05. The van der Waals surface area contributed by atoms with Crippen LogP contribution in [0.25, 0.3) is 0 Å². The monoisotopic (exact) mass is 304 g/mol. The van der Waals surface area contributed by atoms with E-state index in [9.17, 15) is 9.90 Å². The molecule has 2 amide bonds. The van der Waals surface area contributed by atoms with E-state index in [4.69, 9.17) is 0 Å². The average molecular weight is 304 g/mol. The molecule has 1 aromatic rings. The maximum Gasteiger partial charge on any atom is 0.321 e. The van der Waals surface area contributed by atoms with Crippen molar-refractivity contribution in [1.29, 1.82) is 0 Å². The van der Waals surface area contributed by atoms with E-state index >= 15 is 0 Å². The molecule has 0 radical (unpaired) electrons. The SMILES string of the molecule is CCCCc1ccc(NC(=O)N2CCCC(C(C)O)C2)cc1. The van der Waals surface area contributed by atoms with E-state index in [1.54, 1.807) is 6.92 Å². The molecule has 4 nitrogen and oxygen atoms in total. The summed E-state index contributed by atoms with van der Waals surface area (Å²) in [5.41, 5.74) is 2.15. The highest BCUT2D eigenvalue weighted by molar-refractivity contribution is 5.89. The van der Waals surface area contributed by atoms with Crippen LogP contribution in [0.15, 0.2) is 24.3 Å². The van der Waals surface area contributed by atoms with Crippen molar-refractivity contribution in [2.24, 2.45) is 5.92 Å². The van der Waals surface area contributed by atoms with Crippen LogP contribution in [-0.2, 0) is 6.42 Å². The van der Waals surface area contributed by atoms with Gasteiger partial charge in [0.15, 0.2) is 0 Å². The lowest BCUT2D eigenvalue weighted by Crippen LogP contribution is -2.44. The summed E-state index contributed by atoms with van der Waals surface area (Å²) < 4.78 is 0. The fraction of sp³-hybridized carbons (Fsp3) is 0.611. The van der Waals surface area contributed by atoms with Crippen LogP contribution in [0.2, 0.25) is 0 Å². The van der Waals surface area contributed by atoms with Gasteiger partial charge in [-0.2, -0.15) is 0 Å². The summed E-state index contributed by atoms with van der Waals surface area (Å²) in [4.78, 5) is 14.1. The van der Waals surface area contributed by atoms with Crippen molar-refractivity contribution < 1.29 is 9.90 Å². The quantitative estimate of drug-likeness (QED) is 0.872. The van der Waals surface area contributed by atoms with Crippen molar-refractivity contribution in [2.45, 2.75) is 52.1 Å². The molecule has 1 fully saturated rings. The maximum absolute atomic E-state index is 12.3. The van der Waals surface area contributed by atoms with E-state index in [0.717, 1.165) is 31.5 Å². The van der Waals surface area contributed by atoms with Crippen LogP contribution < -0.4 is 5.32 Å². The van der Waals surface area contributed by atoms with Gasteiger partial charge in [0, 0.05) is 24.7 Å². The number of amides is 2. The number of anilines is 1. The average Bonchev–Trinajstić information content (AvgIpc) is 2.54. The number of piperidine rings is 1.